The number of ether oxygens (including phenoxy) is 1. The van der Waals surface area contributed by atoms with Crippen molar-refractivity contribution in [1.29, 1.82) is 5.26 Å². The topological polar surface area (TPSA) is 96.2 Å². The third kappa shape index (κ3) is 6.59. The Kier molecular flexibility index (Phi) is 9.43. The van der Waals surface area contributed by atoms with Crippen LogP contribution in [0.25, 0.3) is 0 Å². The average Bonchev–Trinajstić information content (AvgIpc) is 3.53. The Labute approximate surface area is 267 Å². The molecule has 3 aromatic carbocycles. The molecule has 0 atom stereocenters. The summed E-state index contributed by atoms with van der Waals surface area (Å²) < 4.78 is 5.46. The zero-order valence-electron chi connectivity index (χ0n) is 24.9. The number of hydrogen-bond acceptors (Lipinski definition) is 10. The van der Waals surface area contributed by atoms with Crippen LogP contribution >= 0.6 is 23.5 Å². The molecule has 2 N–H and O–H groups in total. The van der Waals surface area contributed by atoms with Gasteiger partial charge in [0.1, 0.15) is 4.91 Å². The molecule has 0 spiro atoms. The summed E-state index contributed by atoms with van der Waals surface area (Å²) >= 11 is 3.00. The van der Waals surface area contributed by atoms with Crippen molar-refractivity contribution in [3.8, 4) is 6.07 Å². The third-order valence-electron chi connectivity index (χ3n) is 7.64. The van der Waals surface area contributed by atoms with Crippen LogP contribution in [0.15, 0.2) is 86.6 Å². The molecular formula is C33H35N7O2S2. The molecule has 3 aliphatic rings. The maximum atomic E-state index is 14.1. The number of morpholine rings is 1. The lowest BCUT2D eigenvalue weighted by molar-refractivity contribution is -0.122. The molecule has 9 nitrogen and oxygen atoms in total. The van der Waals surface area contributed by atoms with E-state index in [-0.39, 0.29) is 5.91 Å². The molecule has 11 heteroatoms. The van der Waals surface area contributed by atoms with Crippen LogP contribution in [0.3, 0.4) is 0 Å². The lowest BCUT2D eigenvalue weighted by atomic mass is 10.2. The van der Waals surface area contributed by atoms with E-state index in [0.29, 0.717) is 34.4 Å². The van der Waals surface area contributed by atoms with Gasteiger partial charge in [-0.25, -0.2) is 4.99 Å². The Hall–Kier alpha value is -3.95. The van der Waals surface area contributed by atoms with Crippen LogP contribution in [0.1, 0.15) is 18.1 Å². The Morgan fingerprint density at radius 3 is 2.61 bits per heavy atom. The van der Waals surface area contributed by atoms with Gasteiger partial charge >= 0.3 is 0 Å². The lowest BCUT2D eigenvalue weighted by Gasteiger charge is -2.26. The van der Waals surface area contributed by atoms with E-state index in [9.17, 15) is 10.1 Å². The van der Waals surface area contributed by atoms with Crippen molar-refractivity contribution in [2.24, 2.45) is 4.99 Å². The number of benzene rings is 3. The number of carbonyl (C=O) groups is 1. The number of aliphatic imine (C=N–C) groups is 1. The van der Waals surface area contributed by atoms with E-state index in [1.54, 1.807) is 28.8 Å². The first-order chi connectivity index (χ1) is 21.5. The fourth-order valence-corrected chi connectivity index (χ4v) is 7.68. The highest BCUT2D eigenvalue weighted by Crippen LogP contribution is 2.51. The molecule has 3 heterocycles. The van der Waals surface area contributed by atoms with E-state index in [0.717, 1.165) is 71.9 Å². The van der Waals surface area contributed by atoms with Gasteiger partial charge in [0.25, 0.3) is 5.91 Å². The monoisotopic (exact) mass is 625 g/mol. The fourth-order valence-electron chi connectivity index (χ4n) is 5.31. The molecule has 3 aromatic rings. The summed E-state index contributed by atoms with van der Waals surface area (Å²) in [7, 11) is 2.01. The van der Waals surface area contributed by atoms with Gasteiger partial charge in [0.05, 0.1) is 53.5 Å². The molecule has 2 saturated heterocycles. The molecule has 0 bridgehead atoms. The van der Waals surface area contributed by atoms with E-state index in [1.807, 2.05) is 50.4 Å². The highest BCUT2D eigenvalue weighted by atomic mass is 32.2. The minimum atomic E-state index is -0.0787. The summed E-state index contributed by atoms with van der Waals surface area (Å²) in [4.78, 5) is 27.1. The van der Waals surface area contributed by atoms with Gasteiger partial charge in [-0.05, 0) is 60.6 Å². The summed E-state index contributed by atoms with van der Waals surface area (Å²) in [6, 6.07) is 23.9. The van der Waals surface area contributed by atoms with Gasteiger partial charge in [-0.15, -0.1) is 0 Å². The van der Waals surface area contributed by atoms with E-state index < -0.39 is 0 Å². The van der Waals surface area contributed by atoms with Gasteiger partial charge < -0.3 is 20.3 Å². The Morgan fingerprint density at radius 2 is 1.84 bits per heavy atom. The van der Waals surface area contributed by atoms with Crippen LogP contribution in [0.2, 0.25) is 0 Å². The molecule has 3 aliphatic heterocycles. The number of nitriles is 1. The number of amidine groups is 1. The second-order valence-corrected chi connectivity index (χ2v) is 12.6. The van der Waals surface area contributed by atoms with E-state index >= 15 is 0 Å². The number of nitrogens with one attached hydrogen (secondary N) is 2. The van der Waals surface area contributed by atoms with E-state index in [1.165, 1.54) is 11.8 Å². The molecular weight excluding hydrogens is 591 g/mol. The zero-order chi connectivity index (χ0) is 30.5. The number of thioether (sulfide) groups is 2. The molecule has 0 aromatic heterocycles. The van der Waals surface area contributed by atoms with Gasteiger partial charge in [-0.2, -0.15) is 5.26 Å². The standard InChI is InChI=1S/C33H35N7O2S2/c1-3-35-26-11-9-24(21-34)19-27(26)37-33-40(22-23-7-5-4-6-8-23)31(41)30(44-33)32-38(2)28-12-10-25(20-29(28)43-32)36-13-14-39-15-17-42-18-16-39/h4-12,19-20,35-36H,3,13-18,22H2,1-2H3. The Morgan fingerprint density at radius 1 is 1.02 bits per heavy atom. The minimum Gasteiger partial charge on any atom is -0.384 e. The minimum absolute atomic E-state index is 0.0787. The third-order valence-corrected chi connectivity index (χ3v) is 10.1. The van der Waals surface area contributed by atoms with Crippen molar-refractivity contribution in [3.63, 3.8) is 0 Å². The van der Waals surface area contributed by atoms with Gasteiger partial charge in [-0.3, -0.25) is 14.6 Å². The Bertz CT molecular complexity index is 1630. The maximum Gasteiger partial charge on any atom is 0.269 e. The Balaban J connectivity index is 1.28. The number of fused-ring (bicyclic) bond motifs is 1. The van der Waals surface area contributed by atoms with Crippen molar-refractivity contribution in [2.45, 2.75) is 18.4 Å². The van der Waals surface area contributed by atoms with Gasteiger partial charge in [-0.1, -0.05) is 42.1 Å². The van der Waals surface area contributed by atoms with Crippen LogP contribution in [0.4, 0.5) is 22.7 Å². The van der Waals surface area contributed by atoms with Crippen molar-refractivity contribution in [2.75, 3.05) is 68.5 Å². The first-order valence-electron chi connectivity index (χ1n) is 14.8. The molecule has 1 amide bonds. The SMILES string of the molecule is CCNc1ccc(C#N)cc1N=C1SC(=C2Sc3cc(NCCN4CCOCC4)ccc3N2C)C(=O)N1Cc1ccccc1. The molecule has 226 valence electrons. The summed E-state index contributed by atoms with van der Waals surface area (Å²) in [5.74, 6) is -0.0787. The predicted molar refractivity (Wildman–Crippen MR) is 180 cm³/mol. The second kappa shape index (κ2) is 13.8. The predicted octanol–water partition coefficient (Wildman–Crippen LogP) is 5.91. The summed E-state index contributed by atoms with van der Waals surface area (Å²) in [5, 5.41) is 17.9. The van der Waals surface area contributed by atoms with Gasteiger partial charge in [0, 0.05) is 50.4 Å². The van der Waals surface area contributed by atoms with Crippen LogP contribution in [0.5, 0.6) is 0 Å². The second-order valence-electron chi connectivity index (χ2n) is 10.6. The van der Waals surface area contributed by atoms with Crippen molar-refractivity contribution in [1.82, 2.24) is 9.80 Å². The highest BCUT2D eigenvalue weighted by molar-refractivity contribution is 8.19. The molecule has 2 fully saturated rings. The first-order valence-corrected chi connectivity index (χ1v) is 16.4. The number of anilines is 3. The average molecular weight is 626 g/mol. The summed E-state index contributed by atoms with van der Waals surface area (Å²) in [6.45, 7) is 8.51. The lowest BCUT2D eigenvalue weighted by Crippen LogP contribution is -2.39. The number of hydrogen-bond donors (Lipinski definition) is 2. The largest absolute Gasteiger partial charge is 0.384 e. The van der Waals surface area contributed by atoms with Crippen LogP contribution < -0.4 is 15.5 Å². The van der Waals surface area contributed by atoms with Crippen molar-refractivity contribution >= 4 is 57.3 Å². The normalized spacial score (nSPS) is 19.4. The number of amides is 1. The number of carbonyl (C=O) groups excluding carboxylic acids is 1. The molecule has 0 radical (unpaired) electrons. The summed E-state index contributed by atoms with van der Waals surface area (Å²) in [5.41, 5.74) is 5.12. The van der Waals surface area contributed by atoms with Crippen molar-refractivity contribution < 1.29 is 9.53 Å². The van der Waals surface area contributed by atoms with E-state index in [4.69, 9.17) is 9.73 Å². The summed E-state index contributed by atoms with van der Waals surface area (Å²) in [6.07, 6.45) is 0. The fraction of sp³-hybridized carbons (Fsp3) is 0.303. The zero-order valence-corrected chi connectivity index (χ0v) is 26.5. The number of rotatable bonds is 9. The smallest absolute Gasteiger partial charge is 0.269 e. The molecule has 0 saturated carbocycles. The first kappa shape index (κ1) is 30.1. The highest BCUT2D eigenvalue weighted by Gasteiger charge is 2.39. The maximum absolute atomic E-state index is 14.1. The quantitative estimate of drug-likeness (QED) is 0.282. The number of nitrogens with zero attached hydrogens (tertiary/aromatic N) is 5. The van der Waals surface area contributed by atoms with Gasteiger partial charge in [0.2, 0.25) is 0 Å². The van der Waals surface area contributed by atoms with E-state index in [2.05, 4.69) is 44.7 Å². The molecule has 6 rings (SSSR count). The molecule has 0 unspecified atom stereocenters. The van der Waals surface area contributed by atoms with Crippen LogP contribution in [-0.4, -0.2) is 73.9 Å². The van der Waals surface area contributed by atoms with Crippen molar-refractivity contribution in [3.05, 3.63) is 87.8 Å². The van der Waals surface area contributed by atoms with Crippen LogP contribution in [-0.2, 0) is 16.1 Å². The van der Waals surface area contributed by atoms with Gasteiger partial charge in [0.15, 0.2) is 5.17 Å². The molecule has 44 heavy (non-hydrogen) atoms. The molecule has 0 aliphatic carbocycles. The van der Waals surface area contributed by atoms with Crippen LogP contribution in [0, 0.1) is 11.3 Å².